The Hall–Kier alpha value is -4.94. The van der Waals surface area contributed by atoms with E-state index in [0.717, 1.165) is 49.3 Å². The van der Waals surface area contributed by atoms with Crippen molar-refractivity contribution in [2.24, 2.45) is 9.98 Å². The fourth-order valence-corrected chi connectivity index (χ4v) is 6.79. The van der Waals surface area contributed by atoms with Crippen LogP contribution in [0.15, 0.2) is 107 Å². The van der Waals surface area contributed by atoms with E-state index in [1.54, 1.807) is 36.4 Å². The third-order valence-electron chi connectivity index (χ3n) is 7.74. The van der Waals surface area contributed by atoms with Gasteiger partial charge in [0.1, 0.15) is 24.7 Å². The van der Waals surface area contributed by atoms with E-state index in [1.807, 2.05) is 60.7 Å². The number of ether oxygens (including phenoxy) is 2. The molecular formula is C40H44N2O8S2. The summed E-state index contributed by atoms with van der Waals surface area (Å²) in [4.78, 5) is 34.1. The van der Waals surface area contributed by atoms with Crippen LogP contribution in [0.2, 0.25) is 0 Å². The van der Waals surface area contributed by atoms with Crippen LogP contribution in [0.5, 0.6) is 11.5 Å². The summed E-state index contributed by atoms with van der Waals surface area (Å²) < 4.78 is 60.0. The Bertz CT molecular complexity index is 1930. The third-order valence-corrected chi connectivity index (χ3v) is 9.41. The Balaban J connectivity index is 1.20. The van der Waals surface area contributed by atoms with E-state index >= 15 is 0 Å². The SMILES string of the molecule is CS(=O)(=O)Cc1cc(C(=O)/C=N/CCCCCC/N=C/C(=O)c2ccc(OCc3ccccc3)c(CS(C)(=O)=O)c2)ccc1OCc1ccccc1. The minimum Gasteiger partial charge on any atom is -0.489 e. The van der Waals surface area contributed by atoms with E-state index in [0.29, 0.717) is 46.8 Å². The van der Waals surface area contributed by atoms with Crippen LogP contribution in [0, 0.1) is 0 Å². The molecule has 52 heavy (non-hydrogen) atoms. The number of benzene rings is 4. The maximum atomic E-state index is 12.8. The monoisotopic (exact) mass is 744 g/mol. The maximum absolute atomic E-state index is 12.8. The van der Waals surface area contributed by atoms with Crippen molar-refractivity contribution in [3.05, 3.63) is 130 Å². The van der Waals surface area contributed by atoms with Gasteiger partial charge in [-0.05, 0) is 60.4 Å². The molecule has 0 amide bonds. The molecule has 4 aromatic carbocycles. The van der Waals surface area contributed by atoms with Gasteiger partial charge in [0, 0.05) is 47.9 Å². The molecule has 0 radical (unpaired) electrons. The number of hydrogen-bond acceptors (Lipinski definition) is 10. The zero-order valence-electron chi connectivity index (χ0n) is 29.4. The molecule has 274 valence electrons. The summed E-state index contributed by atoms with van der Waals surface area (Å²) in [5, 5.41) is 0. The molecule has 0 aliphatic rings. The topological polar surface area (TPSA) is 146 Å². The van der Waals surface area contributed by atoms with Gasteiger partial charge in [0.25, 0.3) is 0 Å². The van der Waals surface area contributed by atoms with E-state index in [2.05, 4.69) is 9.98 Å². The van der Waals surface area contributed by atoms with Crippen LogP contribution in [0.4, 0.5) is 0 Å². The lowest BCUT2D eigenvalue weighted by Crippen LogP contribution is -2.08. The average molecular weight is 745 g/mol. The first kappa shape index (κ1) is 39.8. The molecule has 0 aliphatic heterocycles. The number of sulfone groups is 2. The quantitative estimate of drug-likeness (QED) is 0.0521. The summed E-state index contributed by atoms with van der Waals surface area (Å²) in [6.07, 6.45) is 8.06. The van der Waals surface area contributed by atoms with Gasteiger partial charge in [-0.15, -0.1) is 0 Å². The number of aliphatic imine (C=N–C) groups is 2. The highest BCUT2D eigenvalue weighted by atomic mass is 32.2. The maximum Gasteiger partial charge on any atom is 0.203 e. The summed E-state index contributed by atoms with van der Waals surface area (Å²) in [6.45, 7) is 1.46. The smallest absolute Gasteiger partial charge is 0.203 e. The molecule has 0 spiro atoms. The number of rotatable bonds is 21. The number of carbonyl (C=O) groups is 2. The van der Waals surface area contributed by atoms with Crippen LogP contribution in [0.3, 0.4) is 0 Å². The molecule has 0 atom stereocenters. The summed E-state index contributed by atoms with van der Waals surface area (Å²) in [5.74, 6) is -0.318. The van der Waals surface area contributed by atoms with Crippen LogP contribution in [-0.2, 0) is 44.4 Å². The number of unbranched alkanes of at least 4 members (excludes halogenated alkanes) is 3. The van der Waals surface area contributed by atoms with E-state index in [4.69, 9.17) is 9.47 Å². The Labute approximate surface area is 306 Å². The van der Waals surface area contributed by atoms with Gasteiger partial charge in [-0.25, -0.2) is 16.8 Å². The molecule has 0 aliphatic carbocycles. The lowest BCUT2D eigenvalue weighted by atomic mass is 10.1. The second kappa shape index (κ2) is 19.6. The molecular weight excluding hydrogens is 701 g/mol. The molecule has 0 saturated carbocycles. The summed E-state index contributed by atoms with van der Waals surface area (Å²) in [5.41, 5.74) is 3.38. The van der Waals surface area contributed by atoms with Crippen LogP contribution in [0.1, 0.15) is 68.7 Å². The fraction of sp³-hybridized carbons (Fsp3) is 0.300. The molecule has 0 fully saturated rings. The molecule has 12 heteroatoms. The number of nitrogens with zero attached hydrogens (tertiary/aromatic N) is 2. The minimum absolute atomic E-state index is 0.252. The molecule has 0 saturated heterocycles. The van der Waals surface area contributed by atoms with Crippen LogP contribution in [0.25, 0.3) is 0 Å². The predicted octanol–water partition coefficient (Wildman–Crippen LogP) is 6.70. The van der Waals surface area contributed by atoms with Gasteiger partial charge in [0.15, 0.2) is 19.7 Å². The predicted molar refractivity (Wildman–Crippen MR) is 205 cm³/mol. The van der Waals surface area contributed by atoms with Gasteiger partial charge in [-0.1, -0.05) is 73.5 Å². The van der Waals surface area contributed by atoms with Crippen molar-refractivity contribution in [1.29, 1.82) is 0 Å². The first-order valence-corrected chi connectivity index (χ1v) is 21.0. The number of ketones is 2. The Kier molecular flexibility index (Phi) is 15.0. The highest BCUT2D eigenvalue weighted by Crippen LogP contribution is 2.25. The van der Waals surface area contributed by atoms with E-state index in [1.165, 1.54) is 12.4 Å². The lowest BCUT2D eigenvalue weighted by Gasteiger charge is -2.12. The fourth-order valence-electron chi connectivity index (χ4n) is 5.21. The van der Waals surface area contributed by atoms with Crippen molar-refractivity contribution in [3.8, 4) is 11.5 Å². The molecule has 4 rings (SSSR count). The highest BCUT2D eigenvalue weighted by Gasteiger charge is 2.16. The van der Waals surface area contributed by atoms with E-state index < -0.39 is 19.7 Å². The van der Waals surface area contributed by atoms with Crippen molar-refractivity contribution in [3.63, 3.8) is 0 Å². The Morgan fingerprint density at radius 2 is 0.942 bits per heavy atom. The number of carbonyl (C=O) groups excluding carboxylic acids is 2. The second-order valence-electron chi connectivity index (χ2n) is 12.5. The van der Waals surface area contributed by atoms with Crippen LogP contribution < -0.4 is 9.47 Å². The van der Waals surface area contributed by atoms with E-state index in [-0.39, 0.29) is 36.3 Å². The van der Waals surface area contributed by atoms with Crippen LogP contribution >= 0.6 is 0 Å². The standard InChI is InChI=1S/C40H44N2O8S2/c1-51(45,46)29-35-23-33(17-19-39(35)49-27-31-13-7-5-8-14-31)37(43)25-41-21-11-3-4-12-22-42-26-38(44)34-18-20-40(36(24-34)30-52(2,47)48)50-28-32-15-9-6-10-16-32/h5-10,13-20,23-26H,3-4,11-12,21-22,27-30H2,1-2H3/b41-25+,42-26+. The molecule has 0 N–H and O–H groups in total. The van der Waals surface area contributed by atoms with Gasteiger partial charge >= 0.3 is 0 Å². The molecule has 0 aromatic heterocycles. The van der Waals surface area contributed by atoms with Gasteiger partial charge < -0.3 is 9.47 Å². The van der Waals surface area contributed by atoms with Crippen molar-refractivity contribution in [2.45, 2.75) is 50.4 Å². The molecule has 0 heterocycles. The minimum atomic E-state index is -3.37. The van der Waals surface area contributed by atoms with Gasteiger partial charge in [0.2, 0.25) is 11.6 Å². The Morgan fingerprint density at radius 1 is 0.558 bits per heavy atom. The zero-order chi connectivity index (χ0) is 37.4. The number of Topliss-reactive ketones (excluding diaryl/α,β-unsaturated/α-hetero) is 2. The van der Waals surface area contributed by atoms with E-state index in [9.17, 15) is 26.4 Å². The average Bonchev–Trinajstić information content (AvgIpc) is 3.10. The lowest BCUT2D eigenvalue weighted by molar-refractivity contribution is 0.106. The van der Waals surface area contributed by atoms with Gasteiger partial charge in [0.05, 0.1) is 23.9 Å². The molecule has 10 nitrogen and oxygen atoms in total. The second-order valence-corrected chi connectivity index (χ2v) is 16.8. The third kappa shape index (κ3) is 14.4. The highest BCUT2D eigenvalue weighted by molar-refractivity contribution is 7.90. The first-order valence-electron chi connectivity index (χ1n) is 16.9. The number of hydrogen-bond donors (Lipinski definition) is 0. The van der Waals surface area contributed by atoms with Crippen LogP contribution in [-0.4, -0.2) is 66.4 Å². The van der Waals surface area contributed by atoms with Crippen molar-refractivity contribution >= 4 is 43.7 Å². The molecule has 4 aromatic rings. The first-order chi connectivity index (χ1) is 24.9. The largest absolute Gasteiger partial charge is 0.489 e. The van der Waals surface area contributed by atoms with Crippen molar-refractivity contribution in [1.82, 2.24) is 0 Å². The summed E-state index contributed by atoms with van der Waals surface area (Å²) >= 11 is 0. The van der Waals surface area contributed by atoms with Crippen molar-refractivity contribution in [2.75, 3.05) is 25.6 Å². The summed E-state index contributed by atoms with van der Waals surface area (Å²) in [6, 6.07) is 28.6. The van der Waals surface area contributed by atoms with Crippen molar-refractivity contribution < 1.29 is 35.9 Å². The normalized spacial score (nSPS) is 12.0. The van der Waals surface area contributed by atoms with Gasteiger partial charge in [-0.2, -0.15) is 0 Å². The summed E-state index contributed by atoms with van der Waals surface area (Å²) in [7, 11) is -6.74. The Morgan fingerprint density at radius 3 is 1.31 bits per heavy atom. The molecule has 0 unspecified atom stereocenters. The van der Waals surface area contributed by atoms with Gasteiger partial charge in [-0.3, -0.25) is 19.6 Å². The molecule has 0 bridgehead atoms. The zero-order valence-corrected chi connectivity index (χ0v) is 31.1.